The minimum absolute atomic E-state index is 0.0242. The van der Waals surface area contributed by atoms with Gasteiger partial charge >= 0.3 is 5.51 Å². The van der Waals surface area contributed by atoms with Gasteiger partial charge in [-0.15, -0.1) is 0 Å². The first-order valence-corrected chi connectivity index (χ1v) is 10.7. The molecule has 0 atom stereocenters. The van der Waals surface area contributed by atoms with E-state index in [0.29, 0.717) is 17.7 Å². The highest BCUT2D eigenvalue weighted by Crippen LogP contribution is 2.30. The van der Waals surface area contributed by atoms with Gasteiger partial charge in [0.1, 0.15) is 0 Å². The van der Waals surface area contributed by atoms with Crippen LogP contribution in [0.4, 0.5) is 13.2 Å². The highest BCUT2D eigenvalue weighted by Gasteiger charge is 2.46. The largest absolute Gasteiger partial charge is 0.501 e. The topological polar surface area (TPSA) is 97.4 Å². The number of sulfone groups is 2. The Bertz CT molecular complexity index is 1040. The van der Waals surface area contributed by atoms with Crippen LogP contribution in [0.2, 0.25) is 0 Å². The maximum atomic E-state index is 12.5. The summed E-state index contributed by atoms with van der Waals surface area (Å²) in [5.41, 5.74) is -4.84. The number of halogens is 3. The monoisotopic (exact) mass is 421 g/mol. The number of rotatable bonds is 5. The number of alkyl halides is 3. The van der Waals surface area contributed by atoms with Gasteiger partial charge in [-0.05, 0) is 42.0 Å². The fourth-order valence-electron chi connectivity index (χ4n) is 2.06. The van der Waals surface area contributed by atoms with Crippen LogP contribution >= 0.6 is 0 Å². The van der Waals surface area contributed by atoms with Gasteiger partial charge in [0.25, 0.3) is 15.7 Å². The van der Waals surface area contributed by atoms with Gasteiger partial charge in [-0.2, -0.15) is 13.2 Å². The van der Waals surface area contributed by atoms with Gasteiger partial charge < -0.3 is 5.32 Å². The second-order valence-electron chi connectivity index (χ2n) is 5.57. The molecule has 1 N–H and O–H groups in total. The minimum Gasteiger partial charge on any atom is -0.348 e. The van der Waals surface area contributed by atoms with Crippen LogP contribution in [0, 0.1) is 0 Å². The lowest BCUT2D eigenvalue weighted by Gasteiger charge is -2.09. The molecule has 0 saturated carbocycles. The van der Waals surface area contributed by atoms with Crippen molar-refractivity contribution >= 4 is 25.6 Å². The van der Waals surface area contributed by atoms with E-state index >= 15 is 0 Å². The highest BCUT2D eigenvalue weighted by atomic mass is 32.2. The number of hydrogen-bond acceptors (Lipinski definition) is 5. The Balaban J connectivity index is 2.07. The molecule has 0 fully saturated rings. The fraction of sp³-hybridized carbons (Fsp3) is 0.188. The van der Waals surface area contributed by atoms with Gasteiger partial charge in [-0.3, -0.25) is 4.79 Å². The van der Waals surface area contributed by atoms with Crippen molar-refractivity contribution in [3.63, 3.8) is 0 Å². The van der Waals surface area contributed by atoms with Crippen LogP contribution in [0.15, 0.2) is 58.3 Å². The number of nitrogens with one attached hydrogen (secondary N) is 1. The Hall–Kier alpha value is -2.40. The molecule has 0 aliphatic rings. The van der Waals surface area contributed by atoms with Crippen molar-refractivity contribution in [1.29, 1.82) is 0 Å². The third kappa shape index (κ3) is 4.86. The van der Waals surface area contributed by atoms with E-state index in [1.807, 2.05) is 0 Å². The molecule has 0 aliphatic heterocycles. The molecule has 0 bridgehead atoms. The molecule has 0 spiro atoms. The number of carbonyl (C=O) groups excluding carboxylic acids is 1. The van der Waals surface area contributed by atoms with Gasteiger partial charge in [0.2, 0.25) is 0 Å². The smallest absolute Gasteiger partial charge is 0.348 e. The minimum atomic E-state index is -5.47. The van der Waals surface area contributed by atoms with Gasteiger partial charge in [0.15, 0.2) is 9.84 Å². The summed E-state index contributed by atoms with van der Waals surface area (Å²) in [4.78, 5) is 11.2. The van der Waals surface area contributed by atoms with Crippen molar-refractivity contribution in [3.8, 4) is 0 Å². The lowest BCUT2D eigenvalue weighted by Crippen LogP contribution is -2.24. The Labute approximate surface area is 153 Å². The van der Waals surface area contributed by atoms with E-state index in [-0.39, 0.29) is 17.0 Å². The van der Waals surface area contributed by atoms with Gasteiger partial charge in [0, 0.05) is 18.4 Å². The number of carbonyl (C=O) groups is 1. The molecule has 27 heavy (non-hydrogen) atoms. The van der Waals surface area contributed by atoms with Crippen molar-refractivity contribution in [2.75, 3.05) is 6.26 Å². The van der Waals surface area contributed by atoms with Gasteiger partial charge in [-0.25, -0.2) is 16.8 Å². The maximum absolute atomic E-state index is 12.5. The quantitative estimate of drug-likeness (QED) is 0.799. The fourth-order valence-corrected chi connectivity index (χ4v) is 3.45. The molecule has 2 rings (SSSR count). The zero-order valence-electron chi connectivity index (χ0n) is 13.8. The first kappa shape index (κ1) is 20.9. The van der Waals surface area contributed by atoms with Crippen LogP contribution in [0.5, 0.6) is 0 Å². The molecule has 0 unspecified atom stereocenters. The predicted octanol–water partition coefficient (Wildman–Crippen LogP) is 2.31. The molecule has 0 saturated heterocycles. The number of amides is 1. The average Bonchev–Trinajstić information content (AvgIpc) is 2.58. The third-order valence-electron chi connectivity index (χ3n) is 3.54. The van der Waals surface area contributed by atoms with Crippen LogP contribution in [0.3, 0.4) is 0 Å². The maximum Gasteiger partial charge on any atom is 0.501 e. The predicted molar refractivity (Wildman–Crippen MR) is 90.4 cm³/mol. The summed E-state index contributed by atoms with van der Waals surface area (Å²) in [6.45, 7) is 0.0471. The Morgan fingerprint density at radius 2 is 1.37 bits per heavy atom. The summed E-state index contributed by atoms with van der Waals surface area (Å²) >= 11 is 0. The molecule has 0 radical (unpaired) electrons. The van der Waals surface area contributed by atoms with E-state index < -0.39 is 36.0 Å². The van der Waals surface area contributed by atoms with Crippen LogP contribution in [-0.4, -0.2) is 34.5 Å². The number of benzene rings is 2. The summed E-state index contributed by atoms with van der Waals surface area (Å²) in [7, 11) is -8.81. The highest BCUT2D eigenvalue weighted by molar-refractivity contribution is 7.92. The van der Waals surface area contributed by atoms with Crippen molar-refractivity contribution in [3.05, 3.63) is 59.7 Å². The van der Waals surface area contributed by atoms with Crippen molar-refractivity contribution in [2.24, 2.45) is 0 Å². The molecular weight excluding hydrogens is 407 g/mol. The molecule has 11 heteroatoms. The normalized spacial score (nSPS) is 12.6. The van der Waals surface area contributed by atoms with E-state index in [1.165, 1.54) is 24.3 Å². The molecule has 6 nitrogen and oxygen atoms in total. The molecule has 0 aromatic heterocycles. The van der Waals surface area contributed by atoms with Gasteiger partial charge in [-0.1, -0.05) is 12.1 Å². The summed E-state index contributed by atoms with van der Waals surface area (Å²) < 4.78 is 82.7. The van der Waals surface area contributed by atoms with Crippen LogP contribution in [0.1, 0.15) is 15.9 Å². The number of hydrogen-bond donors (Lipinski definition) is 1. The first-order chi connectivity index (χ1) is 12.3. The Kier molecular flexibility index (Phi) is 5.66. The summed E-state index contributed by atoms with van der Waals surface area (Å²) in [6, 6.07) is 9.14. The average molecular weight is 421 g/mol. The van der Waals surface area contributed by atoms with Crippen LogP contribution in [0.25, 0.3) is 0 Å². The van der Waals surface area contributed by atoms with Crippen molar-refractivity contribution in [2.45, 2.75) is 21.8 Å². The zero-order valence-corrected chi connectivity index (χ0v) is 15.5. The third-order valence-corrected chi connectivity index (χ3v) is 6.17. The van der Waals surface area contributed by atoms with Crippen molar-refractivity contribution in [1.82, 2.24) is 5.32 Å². The summed E-state index contributed by atoms with van der Waals surface area (Å²) in [6.07, 6.45) is 1.06. The Morgan fingerprint density at radius 3 is 1.81 bits per heavy atom. The Morgan fingerprint density at radius 1 is 0.889 bits per heavy atom. The van der Waals surface area contributed by atoms with Crippen LogP contribution < -0.4 is 5.32 Å². The molecule has 1 amide bonds. The lowest BCUT2D eigenvalue weighted by molar-refractivity contribution is -0.0436. The second-order valence-corrected chi connectivity index (χ2v) is 9.53. The van der Waals surface area contributed by atoms with Crippen molar-refractivity contribution < 1.29 is 34.8 Å². The standard InChI is InChI=1S/C16H14F3NO5S2/c1-26(22,23)13-6-2-11(3-7-13)10-20-15(21)12-4-8-14(9-5-12)27(24,25)16(17,18)19/h2-9H,10H2,1H3,(H,20,21). The van der Waals surface area contributed by atoms with E-state index in [0.717, 1.165) is 18.4 Å². The second kappa shape index (κ2) is 7.31. The first-order valence-electron chi connectivity index (χ1n) is 7.31. The van der Waals surface area contributed by atoms with E-state index in [2.05, 4.69) is 5.32 Å². The summed E-state index contributed by atoms with van der Waals surface area (Å²) in [5.74, 6) is -0.627. The van der Waals surface area contributed by atoms with E-state index in [1.54, 1.807) is 0 Å². The van der Waals surface area contributed by atoms with Crippen LogP contribution in [-0.2, 0) is 26.2 Å². The lowest BCUT2D eigenvalue weighted by atomic mass is 10.2. The summed E-state index contributed by atoms with van der Waals surface area (Å²) in [5, 5.41) is 2.50. The van der Waals surface area contributed by atoms with Gasteiger partial charge in [0.05, 0.1) is 9.79 Å². The molecule has 146 valence electrons. The van der Waals surface area contributed by atoms with E-state index in [4.69, 9.17) is 0 Å². The molecular formula is C16H14F3NO5S2. The SMILES string of the molecule is CS(=O)(=O)c1ccc(CNC(=O)c2ccc(S(=O)(=O)C(F)(F)F)cc2)cc1. The molecule has 0 aliphatic carbocycles. The van der Waals surface area contributed by atoms with E-state index in [9.17, 15) is 34.8 Å². The molecule has 2 aromatic rings. The zero-order chi connectivity index (χ0) is 20.5. The molecule has 0 heterocycles. The molecule has 2 aromatic carbocycles.